The van der Waals surface area contributed by atoms with E-state index in [1.165, 1.54) is 6.42 Å². The van der Waals surface area contributed by atoms with Gasteiger partial charge < -0.3 is 0 Å². The van der Waals surface area contributed by atoms with Crippen molar-refractivity contribution in [2.24, 2.45) is 0 Å². The van der Waals surface area contributed by atoms with Crippen LogP contribution in [0.5, 0.6) is 0 Å². The molecule has 0 N–H and O–H groups in total. The van der Waals surface area contributed by atoms with E-state index < -0.39 is 0 Å². The zero-order valence-electron chi connectivity index (χ0n) is 9.84. The van der Waals surface area contributed by atoms with Crippen molar-refractivity contribution in [3.05, 3.63) is 30.0 Å². The highest BCUT2D eigenvalue weighted by Gasteiger charge is 2.13. The summed E-state index contributed by atoms with van der Waals surface area (Å²) in [5.41, 5.74) is 3.10. The van der Waals surface area contributed by atoms with Crippen LogP contribution in [-0.4, -0.2) is 10.5 Å². The summed E-state index contributed by atoms with van der Waals surface area (Å²) in [4.78, 5) is 0. The molecule has 0 heterocycles. The summed E-state index contributed by atoms with van der Waals surface area (Å²) in [7, 11) is 0. The van der Waals surface area contributed by atoms with Gasteiger partial charge in [-0.3, -0.25) is 0 Å². The van der Waals surface area contributed by atoms with Crippen LogP contribution in [0.2, 0.25) is 0 Å². The van der Waals surface area contributed by atoms with Crippen LogP contribution in [0.1, 0.15) is 40.5 Å². The monoisotopic (exact) mass is 210 g/mol. The third kappa shape index (κ3) is 8.22. The topological polar surface area (TPSA) is 0 Å². The van der Waals surface area contributed by atoms with Gasteiger partial charge in [0.05, 0.1) is 0 Å². The van der Waals surface area contributed by atoms with Crippen LogP contribution in [0, 0.1) is 0 Å². The lowest BCUT2D eigenvalue weighted by Crippen LogP contribution is -2.12. The highest BCUT2D eigenvalue weighted by molar-refractivity contribution is 8.00. The van der Waals surface area contributed by atoms with Gasteiger partial charge in [-0.2, -0.15) is 11.8 Å². The van der Waals surface area contributed by atoms with Crippen LogP contribution in [0.3, 0.4) is 0 Å². The van der Waals surface area contributed by atoms with Crippen LogP contribution in [0.25, 0.3) is 0 Å². The zero-order chi connectivity index (χ0) is 10.9. The molecular formula is C13H22S. The molecule has 0 fully saturated rings. The first-order valence-corrected chi connectivity index (χ1v) is 6.31. The number of allylic oxidation sites excluding steroid dienone is 2. The minimum absolute atomic E-state index is 0.410. The maximum Gasteiger partial charge on any atom is 0.0122 e. The van der Waals surface area contributed by atoms with Gasteiger partial charge >= 0.3 is 0 Å². The van der Waals surface area contributed by atoms with Crippen LogP contribution in [-0.2, 0) is 0 Å². The van der Waals surface area contributed by atoms with Crippen molar-refractivity contribution in [3.8, 4) is 0 Å². The largest absolute Gasteiger partial charge is 0.152 e. The molecule has 0 aromatic heterocycles. The molecule has 0 spiro atoms. The Kier molecular flexibility index (Phi) is 7.74. The molecule has 0 aromatic carbocycles. The second-order valence-corrected chi connectivity index (χ2v) is 5.53. The molecular weight excluding hydrogens is 188 g/mol. The summed E-state index contributed by atoms with van der Waals surface area (Å²) >= 11 is 2.00. The van der Waals surface area contributed by atoms with Crippen molar-refractivity contribution in [2.45, 2.75) is 45.3 Å². The third-order valence-electron chi connectivity index (χ3n) is 2.07. The van der Waals surface area contributed by atoms with E-state index in [0.717, 1.165) is 12.2 Å². The molecule has 0 nitrogen and oxygen atoms in total. The molecule has 0 atom stereocenters. The minimum Gasteiger partial charge on any atom is -0.152 e. The highest BCUT2D eigenvalue weighted by Crippen LogP contribution is 2.27. The first-order chi connectivity index (χ1) is 6.62. The van der Waals surface area contributed by atoms with E-state index in [2.05, 4.69) is 45.6 Å². The minimum atomic E-state index is 0.410. The number of thioether (sulfide) groups is 1. The van der Waals surface area contributed by atoms with E-state index in [0.29, 0.717) is 4.75 Å². The normalized spacial score (nSPS) is 11.4. The van der Waals surface area contributed by atoms with Crippen molar-refractivity contribution in [3.63, 3.8) is 0 Å². The van der Waals surface area contributed by atoms with Crippen LogP contribution in [0.15, 0.2) is 30.0 Å². The van der Waals surface area contributed by atoms with E-state index in [1.807, 2.05) is 23.9 Å². The molecule has 0 aliphatic heterocycles. The van der Waals surface area contributed by atoms with E-state index in [4.69, 9.17) is 0 Å². The molecule has 1 heteroatoms. The van der Waals surface area contributed by atoms with Gasteiger partial charge in [-0.05, 0) is 25.0 Å². The number of rotatable bonds is 6. The standard InChI is InChI=1S/C13H22S/c1-5-7-8-9-10-11-12-14-13(3,4)6-2/h7,9-11H,5-6,12H2,1-4H3/b11-10-. The molecule has 0 unspecified atom stereocenters. The summed E-state index contributed by atoms with van der Waals surface area (Å²) in [6, 6.07) is 0. The summed E-state index contributed by atoms with van der Waals surface area (Å²) in [5.74, 6) is 1.09. The van der Waals surface area contributed by atoms with Gasteiger partial charge in [0.2, 0.25) is 0 Å². The fourth-order valence-electron chi connectivity index (χ4n) is 0.741. The lowest BCUT2D eigenvalue weighted by atomic mass is 10.1. The van der Waals surface area contributed by atoms with Gasteiger partial charge in [0.25, 0.3) is 0 Å². The van der Waals surface area contributed by atoms with Gasteiger partial charge in [0, 0.05) is 10.5 Å². The maximum absolute atomic E-state index is 3.10. The van der Waals surface area contributed by atoms with Gasteiger partial charge in [0.1, 0.15) is 0 Å². The van der Waals surface area contributed by atoms with Crippen LogP contribution < -0.4 is 0 Å². The summed E-state index contributed by atoms with van der Waals surface area (Å²) in [5, 5.41) is 0. The highest BCUT2D eigenvalue weighted by atomic mass is 32.2. The average Bonchev–Trinajstić information content (AvgIpc) is 2.16. The van der Waals surface area contributed by atoms with Crippen molar-refractivity contribution >= 4 is 11.8 Å². The van der Waals surface area contributed by atoms with Crippen LogP contribution >= 0.6 is 11.8 Å². The molecule has 0 saturated carbocycles. The lowest BCUT2D eigenvalue weighted by Gasteiger charge is -2.20. The summed E-state index contributed by atoms with van der Waals surface area (Å²) < 4.78 is 0.410. The smallest absolute Gasteiger partial charge is 0.0122 e. The van der Waals surface area contributed by atoms with E-state index in [-0.39, 0.29) is 0 Å². The maximum atomic E-state index is 3.10. The Morgan fingerprint density at radius 1 is 1.29 bits per heavy atom. The first kappa shape index (κ1) is 13.6. The Hall–Kier alpha value is -0.390. The molecule has 0 amide bonds. The predicted octanol–water partition coefficient (Wildman–Crippen LogP) is 4.59. The lowest BCUT2D eigenvalue weighted by molar-refractivity contribution is 0.686. The Morgan fingerprint density at radius 3 is 2.57 bits per heavy atom. The second kappa shape index (κ2) is 7.96. The Labute approximate surface area is 93.2 Å². The molecule has 14 heavy (non-hydrogen) atoms. The Balaban J connectivity index is 3.69. The van der Waals surface area contributed by atoms with Crippen LogP contribution in [0.4, 0.5) is 0 Å². The molecule has 0 bridgehead atoms. The zero-order valence-corrected chi connectivity index (χ0v) is 10.7. The van der Waals surface area contributed by atoms with Crippen molar-refractivity contribution in [1.82, 2.24) is 0 Å². The molecule has 0 saturated heterocycles. The van der Waals surface area contributed by atoms with Crippen molar-refractivity contribution in [1.29, 1.82) is 0 Å². The quantitative estimate of drug-likeness (QED) is 0.456. The molecule has 0 aromatic rings. The summed E-state index contributed by atoms with van der Waals surface area (Å²) in [6.07, 6.45) is 10.6. The molecule has 0 radical (unpaired) electrons. The molecule has 80 valence electrons. The second-order valence-electron chi connectivity index (χ2n) is 3.80. The van der Waals surface area contributed by atoms with E-state index >= 15 is 0 Å². The van der Waals surface area contributed by atoms with E-state index in [9.17, 15) is 0 Å². The van der Waals surface area contributed by atoms with Gasteiger partial charge in [-0.25, -0.2) is 0 Å². The summed E-state index contributed by atoms with van der Waals surface area (Å²) in [6.45, 7) is 8.93. The Morgan fingerprint density at radius 2 is 2.00 bits per heavy atom. The van der Waals surface area contributed by atoms with E-state index in [1.54, 1.807) is 0 Å². The first-order valence-electron chi connectivity index (χ1n) is 5.32. The third-order valence-corrected chi connectivity index (χ3v) is 3.50. The SMILES string of the molecule is CCC=C=C/C=C\CSC(C)(C)CC. The fourth-order valence-corrected chi connectivity index (χ4v) is 1.60. The molecule has 0 rings (SSSR count). The number of hydrogen-bond acceptors (Lipinski definition) is 1. The van der Waals surface area contributed by atoms with Gasteiger partial charge in [0.15, 0.2) is 0 Å². The molecule has 0 aliphatic carbocycles. The fraction of sp³-hybridized carbons (Fsp3) is 0.615. The number of hydrogen-bond donors (Lipinski definition) is 0. The van der Waals surface area contributed by atoms with Crippen molar-refractivity contribution in [2.75, 3.05) is 5.75 Å². The van der Waals surface area contributed by atoms with Gasteiger partial charge in [-0.1, -0.05) is 39.8 Å². The molecule has 0 aliphatic rings. The van der Waals surface area contributed by atoms with Crippen molar-refractivity contribution < 1.29 is 0 Å². The average molecular weight is 210 g/mol. The predicted molar refractivity (Wildman–Crippen MR) is 68.9 cm³/mol. The Bertz CT molecular complexity index is 217. The van der Waals surface area contributed by atoms with Gasteiger partial charge in [-0.15, -0.1) is 5.73 Å².